The van der Waals surface area contributed by atoms with Crippen molar-refractivity contribution in [3.8, 4) is 6.07 Å². The van der Waals surface area contributed by atoms with Crippen LogP contribution in [-0.2, 0) is 6.54 Å². The molecule has 20 heavy (non-hydrogen) atoms. The molecule has 0 radical (unpaired) electrons. The lowest BCUT2D eigenvalue weighted by atomic mass is 10.1. The molecule has 2 rings (SSSR count). The molecule has 0 spiro atoms. The van der Waals surface area contributed by atoms with E-state index in [1.165, 1.54) is 18.2 Å². The third kappa shape index (κ3) is 2.94. The van der Waals surface area contributed by atoms with Crippen LogP contribution in [0.5, 0.6) is 0 Å². The average Bonchev–Trinajstić information content (AvgIpc) is 2.47. The molecule has 102 valence electrons. The highest BCUT2D eigenvalue weighted by molar-refractivity contribution is 5.47. The highest BCUT2D eigenvalue weighted by Crippen LogP contribution is 2.20. The summed E-state index contributed by atoms with van der Waals surface area (Å²) in [6, 6.07) is 12.7. The molecule has 2 nitrogen and oxygen atoms in total. The van der Waals surface area contributed by atoms with Gasteiger partial charge in [0.25, 0.3) is 0 Å². The van der Waals surface area contributed by atoms with Gasteiger partial charge >= 0.3 is 0 Å². The Hall–Kier alpha value is -2.41. The summed E-state index contributed by atoms with van der Waals surface area (Å²) in [5.41, 5.74) is 1.31. The second kappa shape index (κ2) is 6.16. The smallest absolute Gasteiger partial charge is 0.145 e. The quantitative estimate of drug-likeness (QED) is 0.845. The van der Waals surface area contributed by atoms with Gasteiger partial charge in [-0.3, -0.25) is 0 Å². The van der Waals surface area contributed by atoms with Gasteiger partial charge < -0.3 is 4.90 Å². The molecule has 0 amide bonds. The highest BCUT2D eigenvalue weighted by Gasteiger charge is 2.11. The van der Waals surface area contributed by atoms with E-state index in [0.29, 0.717) is 18.7 Å². The Labute approximate surface area is 116 Å². The molecular weight excluding hydrogens is 258 g/mol. The zero-order valence-electron chi connectivity index (χ0n) is 11.1. The van der Waals surface area contributed by atoms with E-state index in [4.69, 9.17) is 5.26 Å². The number of benzene rings is 2. The van der Waals surface area contributed by atoms with Crippen molar-refractivity contribution in [2.24, 2.45) is 0 Å². The molecule has 0 saturated carbocycles. The summed E-state index contributed by atoms with van der Waals surface area (Å²) in [5.74, 6) is -0.793. The van der Waals surface area contributed by atoms with E-state index in [1.807, 2.05) is 17.9 Å². The number of hydrogen-bond acceptors (Lipinski definition) is 2. The third-order valence-corrected chi connectivity index (χ3v) is 3.13. The predicted molar refractivity (Wildman–Crippen MR) is 74.2 cm³/mol. The molecule has 0 unspecified atom stereocenters. The predicted octanol–water partition coefficient (Wildman–Crippen LogP) is 3.86. The van der Waals surface area contributed by atoms with Gasteiger partial charge in [0.2, 0.25) is 0 Å². The molecular formula is C16H14F2N2. The summed E-state index contributed by atoms with van der Waals surface area (Å²) in [5, 5.41) is 8.84. The van der Waals surface area contributed by atoms with E-state index in [2.05, 4.69) is 0 Å². The van der Waals surface area contributed by atoms with Crippen LogP contribution in [0.1, 0.15) is 18.1 Å². The van der Waals surface area contributed by atoms with Crippen molar-refractivity contribution in [1.29, 1.82) is 5.26 Å². The maximum Gasteiger partial charge on any atom is 0.145 e. The van der Waals surface area contributed by atoms with Crippen LogP contribution in [0.15, 0.2) is 42.5 Å². The summed E-state index contributed by atoms with van der Waals surface area (Å²) in [6.07, 6.45) is 0. The average molecular weight is 272 g/mol. The molecule has 0 heterocycles. The van der Waals surface area contributed by atoms with Crippen LogP contribution in [0.2, 0.25) is 0 Å². The van der Waals surface area contributed by atoms with Gasteiger partial charge in [0, 0.05) is 24.3 Å². The van der Waals surface area contributed by atoms with Crippen LogP contribution in [0, 0.1) is 23.0 Å². The van der Waals surface area contributed by atoms with E-state index in [-0.39, 0.29) is 11.4 Å². The molecule has 2 aromatic carbocycles. The largest absolute Gasteiger partial charge is 0.367 e. The molecule has 0 aliphatic heterocycles. The number of hydrogen-bond donors (Lipinski definition) is 0. The summed E-state index contributed by atoms with van der Waals surface area (Å²) in [4.78, 5) is 1.92. The zero-order valence-corrected chi connectivity index (χ0v) is 11.1. The first-order chi connectivity index (χ1) is 9.65. The topological polar surface area (TPSA) is 27.0 Å². The van der Waals surface area contributed by atoms with Crippen molar-refractivity contribution in [2.75, 3.05) is 11.4 Å². The first-order valence-electron chi connectivity index (χ1n) is 6.33. The van der Waals surface area contributed by atoms with Crippen molar-refractivity contribution in [1.82, 2.24) is 0 Å². The monoisotopic (exact) mass is 272 g/mol. The Bertz CT molecular complexity index is 630. The molecule has 0 aliphatic carbocycles. The van der Waals surface area contributed by atoms with Gasteiger partial charge in [-0.15, -0.1) is 0 Å². The van der Waals surface area contributed by atoms with E-state index in [1.54, 1.807) is 24.3 Å². The number of halogens is 2. The fourth-order valence-electron chi connectivity index (χ4n) is 2.03. The molecule has 0 bridgehead atoms. The number of anilines is 1. The Morgan fingerprint density at radius 2 is 1.80 bits per heavy atom. The maximum absolute atomic E-state index is 14.0. The van der Waals surface area contributed by atoms with E-state index in [9.17, 15) is 8.78 Å². The summed E-state index contributed by atoms with van der Waals surface area (Å²) in [6.45, 7) is 2.93. The summed E-state index contributed by atoms with van der Waals surface area (Å²) >= 11 is 0. The molecule has 4 heteroatoms. The van der Waals surface area contributed by atoms with Crippen LogP contribution in [0.3, 0.4) is 0 Å². The molecule has 0 atom stereocenters. The Morgan fingerprint density at radius 3 is 2.40 bits per heavy atom. The molecule has 0 aliphatic rings. The Morgan fingerprint density at radius 1 is 1.10 bits per heavy atom. The van der Waals surface area contributed by atoms with Crippen molar-refractivity contribution in [2.45, 2.75) is 13.5 Å². The third-order valence-electron chi connectivity index (χ3n) is 3.13. The van der Waals surface area contributed by atoms with Crippen LogP contribution in [0.4, 0.5) is 14.5 Å². The summed E-state index contributed by atoms with van der Waals surface area (Å²) < 4.78 is 27.0. The highest BCUT2D eigenvalue weighted by atomic mass is 19.1. The standard InChI is InChI=1S/C16H14F2N2/c1-2-20(15-8-6-14(17)7-9-15)11-13-5-3-4-12(10-19)16(13)18/h3-9H,2,11H2,1H3. The first kappa shape index (κ1) is 14.0. The minimum Gasteiger partial charge on any atom is -0.367 e. The minimum atomic E-state index is -0.490. The SMILES string of the molecule is CCN(Cc1cccc(C#N)c1F)c1ccc(F)cc1. The van der Waals surface area contributed by atoms with Crippen LogP contribution < -0.4 is 4.90 Å². The van der Waals surface area contributed by atoms with Gasteiger partial charge in [0.1, 0.15) is 17.7 Å². The summed E-state index contributed by atoms with van der Waals surface area (Å²) in [7, 11) is 0. The second-order valence-corrected chi connectivity index (χ2v) is 4.38. The Balaban J connectivity index is 2.27. The molecule has 0 fully saturated rings. The fourth-order valence-corrected chi connectivity index (χ4v) is 2.03. The molecule has 0 aromatic heterocycles. The van der Waals surface area contributed by atoms with Crippen LogP contribution in [-0.4, -0.2) is 6.54 Å². The second-order valence-electron chi connectivity index (χ2n) is 4.38. The first-order valence-corrected chi connectivity index (χ1v) is 6.33. The van der Waals surface area contributed by atoms with Gasteiger partial charge in [0.05, 0.1) is 5.56 Å². The molecule has 2 aromatic rings. The van der Waals surface area contributed by atoms with Gasteiger partial charge in [-0.25, -0.2) is 8.78 Å². The number of rotatable bonds is 4. The zero-order chi connectivity index (χ0) is 14.5. The Kier molecular flexibility index (Phi) is 4.31. The van der Waals surface area contributed by atoms with Gasteiger partial charge in [-0.2, -0.15) is 5.26 Å². The minimum absolute atomic E-state index is 0.0395. The normalized spacial score (nSPS) is 10.1. The van der Waals surface area contributed by atoms with E-state index < -0.39 is 5.82 Å². The molecule has 0 saturated heterocycles. The van der Waals surface area contributed by atoms with Crippen LogP contribution in [0.25, 0.3) is 0 Å². The van der Waals surface area contributed by atoms with Gasteiger partial charge in [-0.1, -0.05) is 12.1 Å². The van der Waals surface area contributed by atoms with Crippen molar-refractivity contribution < 1.29 is 8.78 Å². The lowest BCUT2D eigenvalue weighted by Gasteiger charge is -2.23. The van der Waals surface area contributed by atoms with E-state index >= 15 is 0 Å². The number of nitrogens with zero attached hydrogens (tertiary/aromatic N) is 2. The van der Waals surface area contributed by atoms with Gasteiger partial charge in [-0.05, 0) is 37.3 Å². The lowest BCUT2D eigenvalue weighted by Crippen LogP contribution is -2.22. The molecule has 0 N–H and O–H groups in total. The van der Waals surface area contributed by atoms with Crippen molar-refractivity contribution in [3.63, 3.8) is 0 Å². The fraction of sp³-hybridized carbons (Fsp3) is 0.188. The lowest BCUT2D eigenvalue weighted by molar-refractivity contribution is 0.601. The van der Waals surface area contributed by atoms with Crippen molar-refractivity contribution in [3.05, 3.63) is 65.2 Å². The number of nitriles is 1. The van der Waals surface area contributed by atoms with E-state index in [0.717, 1.165) is 5.69 Å². The maximum atomic E-state index is 14.0. The van der Waals surface area contributed by atoms with Gasteiger partial charge in [0.15, 0.2) is 0 Å². The van der Waals surface area contributed by atoms with Crippen LogP contribution >= 0.6 is 0 Å². The van der Waals surface area contributed by atoms with Crippen molar-refractivity contribution >= 4 is 5.69 Å².